The molecule has 0 saturated heterocycles. The number of hydrogen-bond donors (Lipinski definition) is 0. The van der Waals surface area contributed by atoms with Gasteiger partial charge < -0.3 is 4.74 Å². The van der Waals surface area contributed by atoms with Crippen LogP contribution in [-0.2, 0) is 6.42 Å². The summed E-state index contributed by atoms with van der Waals surface area (Å²) >= 11 is 6.18. The fourth-order valence-corrected chi connectivity index (χ4v) is 2.07. The minimum atomic E-state index is 0.391. The van der Waals surface area contributed by atoms with Crippen LogP contribution in [0.1, 0.15) is 22.3 Å². The summed E-state index contributed by atoms with van der Waals surface area (Å²) in [6, 6.07) is 2.16. The Kier molecular flexibility index (Phi) is 3.60. The monoisotopic (exact) mass is 223 g/mol. The van der Waals surface area contributed by atoms with Gasteiger partial charge in [0.1, 0.15) is 5.75 Å². The van der Waals surface area contributed by atoms with Gasteiger partial charge in [-0.2, -0.15) is 5.26 Å². The van der Waals surface area contributed by atoms with Gasteiger partial charge >= 0.3 is 0 Å². The van der Waals surface area contributed by atoms with Crippen molar-refractivity contribution >= 4 is 11.6 Å². The Hall–Kier alpha value is -1.20. The second-order valence-electron chi connectivity index (χ2n) is 3.54. The number of benzene rings is 1. The first-order valence-electron chi connectivity index (χ1n) is 4.73. The van der Waals surface area contributed by atoms with Crippen LogP contribution >= 0.6 is 11.6 Å². The number of halogens is 1. The van der Waals surface area contributed by atoms with Gasteiger partial charge in [0.25, 0.3) is 0 Å². The predicted molar refractivity (Wildman–Crippen MR) is 61.5 cm³/mol. The van der Waals surface area contributed by atoms with Crippen LogP contribution in [-0.4, -0.2) is 7.11 Å². The quantitative estimate of drug-likeness (QED) is 0.771. The molecule has 0 heterocycles. The van der Waals surface area contributed by atoms with Crippen molar-refractivity contribution in [3.05, 3.63) is 27.3 Å². The molecule has 1 rings (SSSR count). The van der Waals surface area contributed by atoms with Gasteiger partial charge in [0.05, 0.1) is 24.6 Å². The van der Waals surface area contributed by atoms with Crippen LogP contribution < -0.4 is 4.74 Å². The standard InChI is InChI=1S/C12H14ClNO/c1-7-8(2)12(15-4)11(13)9(3)10(7)5-6-14/h5H2,1-4H3. The molecule has 0 amide bonds. The lowest BCUT2D eigenvalue weighted by Gasteiger charge is -2.16. The molecule has 0 saturated carbocycles. The van der Waals surface area contributed by atoms with Gasteiger partial charge in [-0.15, -0.1) is 0 Å². The van der Waals surface area contributed by atoms with E-state index in [2.05, 4.69) is 6.07 Å². The zero-order valence-electron chi connectivity index (χ0n) is 9.44. The molecule has 80 valence electrons. The highest BCUT2D eigenvalue weighted by molar-refractivity contribution is 6.33. The number of hydrogen-bond acceptors (Lipinski definition) is 2. The third-order valence-electron chi connectivity index (χ3n) is 2.80. The van der Waals surface area contributed by atoms with Crippen molar-refractivity contribution in [2.45, 2.75) is 27.2 Å². The third-order valence-corrected chi connectivity index (χ3v) is 3.25. The molecule has 3 heteroatoms. The van der Waals surface area contributed by atoms with E-state index in [0.29, 0.717) is 17.2 Å². The molecule has 2 nitrogen and oxygen atoms in total. The second-order valence-corrected chi connectivity index (χ2v) is 3.91. The first kappa shape index (κ1) is 11.9. The van der Waals surface area contributed by atoms with E-state index in [0.717, 1.165) is 22.3 Å². The van der Waals surface area contributed by atoms with Crippen LogP contribution in [0.4, 0.5) is 0 Å². The largest absolute Gasteiger partial charge is 0.495 e. The number of ether oxygens (including phenoxy) is 1. The third kappa shape index (κ3) is 1.93. The van der Waals surface area contributed by atoms with E-state index in [9.17, 15) is 0 Å². The summed E-state index contributed by atoms with van der Waals surface area (Å²) in [4.78, 5) is 0. The normalized spacial score (nSPS) is 9.87. The van der Waals surface area contributed by atoms with Gasteiger partial charge in [-0.25, -0.2) is 0 Å². The first-order valence-corrected chi connectivity index (χ1v) is 5.11. The minimum absolute atomic E-state index is 0.391. The Labute approximate surface area is 95.4 Å². The van der Waals surface area contributed by atoms with E-state index in [1.807, 2.05) is 20.8 Å². The van der Waals surface area contributed by atoms with Crippen molar-refractivity contribution in [2.75, 3.05) is 7.11 Å². The van der Waals surface area contributed by atoms with Gasteiger partial charge in [-0.1, -0.05) is 11.6 Å². The van der Waals surface area contributed by atoms with E-state index in [1.54, 1.807) is 7.11 Å². The average molecular weight is 224 g/mol. The van der Waals surface area contributed by atoms with E-state index >= 15 is 0 Å². The Bertz CT molecular complexity index is 403. The van der Waals surface area contributed by atoms with Crippen molar-refractivity contribution in [1.29, 1.82) is 5.26 Å². The smallest absolute Gasteiger partial charge is 0.140 e. The number of nitriles is 1. The van der Waals surface area contributed by atoms with Crippen LogP contribution in [0.5, 0.6) is 5.75 Å². The first-order chi connectivity index (χ1) is 7.04. The molecule has 0 unspecified atom stereocenters. The molecule has 1 aromatic rings. The molecule has 0 aliphatic heterocycles. The minimum Gasteiger partial charge on any atom is -0.495 e. The van der Waals surface area contributed by atoms with Crippen molar-refractivity contribution in [3.63, 3.8) is 0 Å². The van der Waals surface area contributed by atoms with Crippen molar-refractivity contribution in [2.24, 2.45) is 0 Å². The van der Waals surface area contributed by atoms with Crippen molar-refractivity contribution in [1.82, 2.24) is 0 Å². The highest BCUT2D eigenvalue weighted by atomic mass is 35.5. The lowest BCUT2D eigenvalue weighted by molar-refractivity contribution is 0.411. The highest BCUT2D eigenvalue weighted by Crippen LogP contribution is 2.36. The summed E-state index contributed by atoms with van der Waals surface area (Å²) in [7, 11) is 1.61. The average Bonchev–Trinajstić information content (AvgIpc) is 2.23. The zero-order valence-corrected chi connectivity index (χ0v) is 10.2. The summed E-state index contributed by atoms with van der Waals surface area (Å²) in [5, 5.41) is 9.37. The summed E-state index contributed by atoms with van der Waals surface area (Å²) in [5.74, 6) is 0.716. The van der Waals surface area contributed by atoms with Gasteiger partial charge in [0, 0.05) is 0 Å². The second kappa shape index (κ2) is 4.55. The van der Waals surface area contributed by atoms with Crippen molar-refractivity contribution in [3.8, 4) is 11.8 Å². The zero-order chi connectivity index (χ0) is 11.6. The van der Waals surface area contributed by atoms with Gasteiger partial charge in [0.2, 0.25) is 0 Å². The molecular formula is C12H14ClNO. The Morgan fingerprint density at radius 3 is 2.27 bits per heavy atom. The van der Waals surface area contributed by atoms with E-state index in [1.165, 1.54) is 0 Å². The summed E-state index contributed by atoms with van der Waals surface area (Å²) in [6.45, 7) is 5.87. The van der Waals surface area contributed by atoms with Crippen LogP contribution in [0.3, 0.4) is 0 Å². The fourth-order valence-electron chi connectivity index (χ4n) is 1.73. The highest BCUT2D eigenvalue weighted by Gasteiger charge is 2.15. The SMILES string of the molecule is COc1c(C)c(C)c(CC#N)c(C)c1Cl. The Morgan fingerprint density at radius 2 is 1.80 bits per heavy atom. The molecule has 0 N–H and O–H groups in total. The van der Waals surface area contributed by atoms with Crippen LogP contribution in [0.15, 0.2) is 0 Å². The lowest BCUT2D eigenvalue weighted by Crippen LogP contribution is -2.00. The van der Waals surface area contributed by atoms with E-state index in [4.69, 9.17) is 21.6 Å². The van der Waals surface area contributed by atoms with Crippen LogP contribution in [0, 0.1) is 32.1 Å². The molecule has 0 radical (unpaired) electrons. The van der Waals surface area contributed by atoms with Crippen molar-refractivity contribution < 1.29 is 4.74 Å². The van der Waals surface area contributed by atoms with E-state index < -0.39 is 0 Å². The molecule has 0 aliphatic carbocycles. The van der Waals surface area contributed by atoms with Crippen LogP contribution in [0.25, 0.3) is 0 Å². The number of rotatable bonds is 2. The maximum Gasteiger partial charge on any atom is 0.140 e. The Balaban J connectivity index is 3.53. The van der Waals surface area contributed by atoms with Gasteiger partial charge in [0.15, 0.2) is 0 Å². The summed E-state index contributed by atoms with van der Waals surface area (Å²) < 4.78 is 5.26. The topological polar surface area (TPSA) is 33.0 Å². The van der Waals surface area contributed by atoms with Crippen LogP contribution in [0.2, 0.25) is 5.02 Å². The molecule has 0 aliphatic rings. The van der Waals surface area contributed by atoms with Gasteiger partial charge in [-0.3, -0.25) is 0 Å². The number of methoxy groups -OCH3 is 1. The molecule has 0 fully saturated rings. The number of nitrogens with zero attached hydrogens (tertiary/aromatic N) is 1. The maximum atomic E-state index is 8.75. The molecule has 15 heavy (non-hydrogen) atoms. The van der Waals surface area contributed by atoms with E-state index in [-0.39, 0.29) is 0 Å². The maximum absolute atomic E-state index is 8.75. The Morgan fingerprint density at radius 1 is 1.20 bits per heavy atom. The summed E-state index contributed by atoms with van der Waals surface area (Å²) in [5.41, 5.74) is 4.06. The summed E-state index contributed by atoms with van der Waals surface area (Å²) in [6.07, 6.45) is 0.391. The molecule has 0 bridgehead atoms. The lowest BCUT2D eigenvalue weighted by atomic mass is 9.95. The predicted octanol–water partition coefficient (Wildman–Crippen LogP) is 3.34. The molecule has 1 aromatic carbocycles. The molecule has 0 aromatic heterocycles. The fraction of sp³-hybridized carbons (Fsp3) is 0.417. The molecular weight excluding hydrogens is 210 g/mol. The molecule has 0 atom stereocenters. The van der Waals surface area contributed by atoms with Gasteiger partial charge in [-0.05, 0) is 43.0 Å². The molecule has 0 spiro atoms.